The van der Waals surface area contributed by atoms with Gasteiger partial charge < -0.3 is 66.4 Å². The highest BCUT2D eigenvalue weighted by molar-refractivity contribution is 5.66. The summed E-state index contributed by atoms with van der Waals surface area (Å²) in [6.45, 7) is 8.24. The van der Waals surface area contributed by atoms with Crippen molar-refractivity contribution in [3.8, 4) is 0 Å². The van der Waals surface area contributed by atoms with Gasteiger partial charge in [-0.05, 0) is 74.5 Å². The predicted molar refractivity (Wildman–Crippen MR) is 146 cm³/mol. The quantitative estimate of drug-likeness (QED) is 0.196. The molecule has 0 bridgehead atoms. The van der Waals surface area contributed by atoms with Crippen LogP contribution in [-0.4, -0.2) is 88.0 Å². The first kappa shape index (κ1) is 35.5. The smallest absolute Gasteiger partial charge is 0.302 e. The number of fused-ring (bicyclic) bond motifs is 5. The first-order chi connectivity index (χ1) is 17.0. The number of halogens is 2. The molecule has 0 aliphatic heterocycles. The van der Waals surface area contributed by atoms with E-state index in [0.29, 0.717) is 29.9 Å². The molecule has 8 heteroatoms. The van der Waals surface area contributed by atoms with Crippen LogP contribution in [0.4, 0.5) is 0 Å². The summed E-state index contributed by atoms with van der Waals surface area (Å²) in [5.74, 6) is 2.50. The van der Waals surface area contributed by atoms with Crippen LogP contribution in [-0.2, 0) is 19.1 Å². The Bertz CT molecular complexity index is 887. The third-order valence-corrected chi connectivity index (χ3v) is 12.0. The maximum Gasteiger partial charge on any atom is 0.302 e. The minimum absolute atomic E-state index is 0. The van der Waals surface area contributed by atoms with Crippen molar-refractivity contribution < 1.29 is 76.0 Å². The van der Waals surface area contributed by atoms with E-state index in [-0.39, 0.29) is 77.3 Å². The average molecular weight is 775 g/mol. The zero-order chi connectivity index (χ0) is 27.6. The predicted octanol–water partition coefficient (Wildman–Crippen LogP) is -1.09. The van der Waals surface area contributed by atoms with Crippen molar-refractivity contribution in [1.29, 1.82) is 0 Å². The number of carbonyl (C=O) groups excluding carboxylic acids is 2. The molecule has 4 fully saturated rings. The van der Waals surface area contributed by atoms with Crippen molar-refractivity contribution in [2.24, 2.45) is 40.4 Å². The first-order valence-electron chi connectivity index (χ1n) is 14.9. The molecule has 0 aromatic carbocycles. The lowest BCUT2D eigenvalue weighted by molar-refractivity contribution is -0.900. The van der Waals surface area contributed by atoms with Crippen LogP contribution in [0.5, 0.6) is 0 Å². The van der Waals surface area contributed by atoms with Gasteiger partial charge in [-0.2, -0.15) is 0 Å². The Morgan fingerprint density at radius 1 is 0.846 bits per heavy atom. The number of carbonyl (C=O) groups is 2. The molecule has 0 heterocycles. The molecule has 10 atom stereocenters. The summed E-state index contributed by atoms with van der Waals surface area (Å²) in [6, 6.07) is 1.14. The van der Waals surface area contributed by atoms with E-state index in [1.165, 1.54) is 52.4 Å². The number of quaternary nitrogens is 2. The maximum atomic E-state index is 12.1. The first-order valence-corrected chi connectivity index (χ1v) is 14.9. The Hall–Kier alpha value is 0.320. The molecule has 0 unspecified atom stereocenters. The van der Waals surface area contributed by atoms with Crippen LogP contribution in [0.1, 0.15) is 79.1 Å². The summed E-state index contributed by atoms with van der Waals surface area (Å²) in [5.41, 5.74) is 0.286. The van der Waals surface area contributed by atoms with Gasteiger partial charge in [0.25, 0.3) is 0 Å². The van der Waals surface area contributed by atoms with E-state index in [0.717, 1.165) is 39.7 Å². The van der Waals surface area contributed by atoms with Gasteiger partial charge in [0.15, 0.2) is 0 Å². The molecule has 0 spiro atoms. The van der Waals surface area contributed by atoms with E-state index in [1.807, 2.05) is 0 Å². The molecule has 4 aliphatic rings. The van der Waals surface area contributed by atoms with Crippen LogP contribution >= 0.6 is 0 Å². The molecule has 6 nitrogen and oxygen atoms in total. The van der Waals surface area contributed by atoms with Crippen LogP contribution in [0.3, 0.4) is 0 Å². The van der Waals surface area contributed by atoms with Gasteiger partial charge >= 0.3 is 11.9 Å². The number of rotatable bonds is 6. The lowest BCUT2D eigenvalue weighted by Crippen LogP contribution is -3.00. The van der Waals surface area contributed by atoms with Crippen LogP contribution in [0.15, 0.2) is 0 Å². The third-order valence-electron chi connectivity index (χ3n) is 12.0. The van der Waals surface area contributed by atoms with Crippen molar-refractivity contribution in [2.75, 3.05) is 48.9 Å². The normalized spacial score (nSPS) is 40.5. The molecule has 0 N–H and O–H groups in total. The molecule has 0 saturated heterocycles. The highest BCUT2D eigenvalue weighted by Crippen LogP contribution is 2.69. The van der Waals surface area contributed by atoms with Crippen molar-refractivity contribution in [1.82, 2.24) is 0 Å². The van der Waals surface area contributed by atoms with Gasteiger partial charge in [0.2, 0.25) is 0 Å². The summed E-state index contributed by atoms with van der Waals surface area (Å²) in [5, 5.41) is 0. The second kappa shape index (κ2) is 12.5. The summed E-state index contributed by atoms with van der Waals surface area (Å²) in [7, 11) is 14.0. The third kappa shape index (κ3) is 6.63. The van der Waals surface area contributed by atoms with E-state index < -0.39 is 0 Å². The Kier molecular flexibility index (Phi) is 11.4. The van der Waals surface area contributed by atoms with Gasteiger partial charge in [0.1, 0.15) is 6.10 Å². The van der Waals surface area contributed by atoms with Crippen LogP contribution in [0.25, 0.3) is 0 Å². The summed E-state index contributed by atoms with van der Waals surface area (Å²) in [4.78, 5) is 24.2. The van der Waals surface area contributed by atoms with Gasteiger partial charge in [0.05, 0.1) is 66.9 Å². The number of esters is 2. The van der Waals surface area contributed by atoms with Crippen LogP contribution < -0.4 is 48.0 Å². The van der Waals surface area contributed by atoms with E-state index in [1.54, 1.807) is 0 Å². The minimum atomic E-state index is -0.213. The second-order valence-corrected chi connectivity index (χ2v) is 15.5. The monoisotopic (exact) mass is 774 g/mol. The fourth-order valence-electron chi connectivity index (χ4n) is 10.2. The summed E-state index contributed by atoms with van der Waals surface area (Å²) >= 11 is 0. The van der Waals surface area contributed by atoms with Crippen molar-refractivity contribution in [3.05, 3.63) is 0 Å². The van der Waals surface area contributed by atoms with Gasteiger partial charge in [-0.1, -0.05) is 6.92 Å². The van der Waals surface area contributed by atoms with Crippen molar-refractivity contribution >= 4 is 11.9 Å². The lowest BCUT2D eigenvalue weighted by atomic mass is 9.44. The Morgan fingerprint density at radius 3 is 2.03 bits per heavy atom. The Morgan fingerprint density at radius 2 is 1.49 bits per heavy atom. The van der Waals surface area contributed by atoms with Gasteiger partial charge in [-0.3, -0.25) is 9.59 Å². The zero-order valence-corrected chi connectivity index (χ0v) is 30.6. The summed E-state index contributed by atoms with van der Waals surface area (Å²) in [6.07, 6.45) is 9.87. The minimum Gasteiger partial charge on any atom is -1.00 e. The maximum absolute atomic E-state index is 12.1. The molecular formula is C31H56I2N2O4. The topological polar surface area (TPSA) is 52.6 Å². The standard InChI is InChI=1S/C31H56N2O4.2HI/c1-20(37-22(3)35)29-28(33(8,9)10)18-27-25-12-11-23-17-24(32(5,6)7)13-15-30(23,4)26(25)14-16-31(27,29)19-36-21(2)34;;/h20,23-29H,11-19H2,1-10H3;2*1H/q+2;;/p-2/t20-,23-,24-,25+,26-,27-,28+,29-,30-,31+;;/m0../s1. The fraction of sp³-hybridized carbons (Fsp3) is 0.935. The molecule has 39 heavy (non-hydrogen) atoms. The second-order valence-electron chi connectivity index (χ2n) is 15.5. The molecular weight excluding hydrogens is 718 g/mol. The molecule has 4 saturated carbocycles. The molecule has 228 valence electrons. The molecule has 4 aliphatic carbocycles. The van der Waals surface area contributed by atoms with Crippen molar-refractivity contribution in [3.63, 3.8) is 0 Å². The van der Waals surface area contributed by atoms with Crippen LogP contribution in [0, 0.1) is 40.4 Å². The molecule has 4 rings (SSSR count). The number of nitrogens with zero attached hydrogens (tertiary/aromatic N) is 2. The van der Waals surface area contributed by atoms with Gasteiger partial charge in [-0.15, -0.1) is 0 Å². The molecule has 0 aromatic rings. The van der Waals surface area contributed by atoms with Gasteiger partial charge in [-0.25, -0.2) is 0 Å². The lowest BCUT2D eigenvalue weighted by Gasteiger charge is -2.61. The molecule has 0 amide bonds. The van der Waals surface area contributed by atoms with Gasteiger partial charge in [0, 0.05) is 32.1 Å². The van der Waals surface area contributed by atoms with E-state index >= 15 is 0 Å². The van der Waals surface area contributed by atoms with Crippen LogP contribution in [0.2, 0.25) is 0 Å². The number of ether oxygens (including phenoxy) is 2. The largest absolute Gasteiger partial charge is 1.00 e. The molecule has 0 aromatic heterocycles. The Balaban J connectivity index is 0.00000267. The van der Waals surface area contributed by atoms with E-state index in [2.05, 4.69) is 56.1 Å². The Labute approximate surface area is 272 Å². The molecule has 0 radical (unpaired) electrons. The highest BCUT2D eigenvalue weighted by Gasteiger charge is 2.68. The van der Waals surface area contributed by atoms with E-state index in [4.69, 9.17) is 9.47 Å². The average Bonchev–Trinajstić information content (AvgIpc) is 3.12. The number of hydrogen-bond donors (Lipinski definition) is 0. The number of hydrogen-bond acceptors (Lipinski definition) is 4. The zero-order valence-electron chi connectivity index (χ0n) is 26.3. The van der Waals surface area contributed by atoms with Crippen molar-refractivity contribution in [2.45, 2.75) is 97.2 Å². The van der Waals surface area contributed by atoms with E-state index in [9.17, 15) is 9.59 Å². The fourth-order valence-corrected chi connectivity index (χ4v) is 10.2. The highest BCUT2D eigenvalue weighted by atomic mass is 127. The SMILES string of the molecule is CC(=O)OC[C@]12CC[C@H]3[C@@H](CC[C@H]4C[C@@H]([N+](C)(C)C)CC[C@@]43C)[C@@H]1C[C@@H]([N+](C)(C)C)[C@@H]2[C@H](C)OC(C)=O.[I-].[I-]. The summed E-state index contributed by atoms with van der Waals surface area (Å²) < 4.78 is 13.8.